The Labute approximate surface area is 188 Å². The molecule has 2 aromatic carbocycles. The number of nitrogens with zero attached hydrogens (tertiary/aromatic N) is 2. The normalized spacial score (nSPS) is 17.9. The van der Waals surface area contributed by atoms with Crippen molar-refractivity contribution in [3.05, 3.63) is 64.7 Å². The maximum Gasteiger partial charge on any atom is 0.295 e. The van der Waals surface area contributed by atoms with Gasteiger partial charge in [0.1, 0.15) is 17.3 Å². The molecule has 1 fully saturated rings. The molecule has 7 nitrogen and oxygen atoms in total. The summed E-state index contributed by atoms with van der Waals surface area (Å²) in [6.07, 6.45) is 0.876. The van der Waals surface area contributed by atoms with Gasteiger partial charge in [-0.15, -0.1) is 0 Å². The predicted octanol–water partition coefficient (Wildman–Crippen LogP) is 3.47. The first-order valence-corrected chi connectivity index (χ1v) is 10.7. The van der Waals surface area contributed by atoms with Gasteiger partial charge in [-0.3, -0.25) is 9.59 Å². The maximum absolute atomic E-state index is 13.0. The second kappa shape index (κ2) is 9.87. The number of carbonyl (C=O) groups excluding carboxylic acids is 2. The second-order valence-corrected chi connectivity index (χ2v) is 8.22. The number of benzene rings is 2. The number of ether oxygens (including phenoxy) is 1. The van der Waals surface area contributed by atoms with E-state index in [4.69, 9.17) is 4.74 Å². The number of phenolic OH excluding ortho intramolecular Hbond substituents is 1. The maximum atomic E-state index is 13.0. The molecule has 1 saturated heterocycles. The predicted molar refractivity (Wildman–Crippen MR) is 123 cm³/mol. The highest BCUT2D eigenvalue weighted by atomic mass is 16.5. The molecule has 1 unspecified atom stereocenters. The SMILES string of the molecule is CCCOc1ccc(/C(O)=C2/C(=O)C(=O)N(CCN(C)C)C2c2cccc(O)c2)cc1C. The van der Waals surface area contributed by atoms with Crippen molar-refractivity contribution in [2.75, 3.05) is 33.8 Å². The number of amides is 1. The molecule has 0 saturated carbocycles. The number of rotatable bonds is 8. The number of aliphatic hydroxyl groups excluding tert-OH is 1. The van der Waals surface area contributed by atoms with Gasteiger partial charge in [0.2, 0.25) is 0 Å². The van der Waals surface area contributed by atoms with Crippen LogP contribution in [0.25, 0.3) is 5.76 Å². The highest BCUT2D eigenvalue weighted by molar-refractivity contribution is 6.46. The number of hydrogen-bond acceptors (Lipinski definition) is 6. The van der Waals surface area contributed by atoms with Crippen LogP contribution in [0, 0.1) is 6.92 Å². The van der Waals surface area contributed by atoms with E-state index in [1.807, 2.05) is 32.8 Å². The fourth-order valence-corrected chi connectivity index (χ4v) is 3.79. The Morgan fingerprint density at radius 1 is 1.16 bits per heavy atom. The first kappa shape index (κ1) is 23.3. The molecule has 170 valence electrons. The lowest BCUT2D eigenvalue weighted by atomic mass is 9.94. The summed E-state index contributed by atoms with van der Waals surface area (Å²) >= 11 is 0. The number of likely N-dealkylation sites (N-methyl/N-ethyl adjacent to an activating group) is 1. The van der Waals surface area contributed by atoms with Crippen LogP contribution in [-0.4, -0.2) is 65.5 Å². The van der Waals surface area contributed by atoms with Gasteiger partial charge in [-0.1, -0.05) is 19.1 Å². The van der Waals surface area contributed by atoms with Crippen LogP contribution in [0.2, 0.25) is 0 Å². The summed E-state index contributed by atoms with van der Waals surface area (Å²) < 4.78 is 5.70. The van der Waals surface area contributed by atoms with Gasteiger partial charge >= 0.3 is 0 Å². The Morgan fingerprint density at radius 2 is 1.91 bits per heavy atom. The van der Waals surface area contributed by atoms with E-state index >= 15 is 0 Å². The Kier molecular flexibility index (Phi) is 7.20. The molecule has 0 spiro atoms. The van der Waals surface area contributed by atoms with Crippen LogP contribution in [-0.2, 0) is 9.59 Å². The van der Waals surface area contributed by atoms with Crippen molar-refractivity contribution in [2.24, 2.45) is 0 Å². The minimum absolute atomic E-state index is 0.0148. The van der Waals surface area contributed by atoms with Crippen LogP contribution in [0.1, 0.15) is 36.1 Å². The summed E-state index contributed by atoms with van der Waals surface area (Å²) in [4.78, 5) is 29.3. The van der Waals surface area contributed by atoms with E-state index in [-0.39, 0.29) is 17.1 Å². The summed E-state index contributed by atoms with van der Waals surface area (Å²) in [5.74, 6) is -0.914. The van der Waals surface area contributed by atoms with Gasteiger partial charge in [0.25, 0.3) is 11.7 Å². The standard InChI is InChI=1S/C25H30N2O5/c1-5-13-32-20-10-9-18(14-16(20)2)23(29)21-22(17-7-6-8-19(28)15-17)27(12-11-26(3)4)25(31)24(21)30/h6-10,14-15,22,28-29H,5,11-13H2,1-4H3/b23-21-. The van der Waals surface area contributed by atoms with Crippen molar-refractivity contribution in [3.8, 4) is 11.5 Å². The topological polar surface area (TPSA) is 90.3 Å². The van der Waals surface area contributed by atoms with E-state index in [9.17, 15) is 19.8 Å². The summed E-state index contributed by atoms with van der Waals surface area (Å²) in [7, 11) is 3.76. The number of Topliss-reactive ketones (excluding diaryl/α,β-unsaturated/α-hetero) is 1. The third-order valence-electron chi connectivity index (χ3n) is 5.42. The highest BCUT2D eigenvalue weighted by Crippen LogP contribution is 2.40. The van der Waals surface area contributed by atoms with Crippen LogP contribution in [0.4, 0.5) is 0 Å². The highest BCUT2D eigenvalue weighted by Gasteiger charge is 2.46. The van der Waals surface area contributed by atoms with E-state index in [1.54, 1.807) is 30.3 Å². The first-order valence-electron chi connectivity index (χ1n) is 10.7. The van der Waals surface area contributed by atoms with Crippen LogP contribution >= 0.6 is 0 Å². The van der Waals surface area contributed by atoms with Crippen molar-refractivity contribution >= 4 is 17.4 Å². The van der Waals surface area contributed by atoms with Crippen LogP contribution in [0.5, 0.6) is 11.5 Å². The fourth-order valence-electron chi connectivity index (χ4n) is 3.79. The number of phenols is 1. The van der Waals surface area contributed by atoms with Crippen molar-refractivity contribution in [3.63, 3.8) is 0 Å². The number of aromatic hydroxyl groups is 1. The van der Waals surface area contributed by atoms with Crippen LogP contribution < -0.4 is 4.74 Å². The molecule has 0 aliphatic carbocycles. The number of ketones is 1. The molecule has 1 heterocycles. The van der Waals surface area contributed by atoms with Gasteiger partial charge < -0.3 is 24.7 Å². The summed E-state index contributed by atoms with van der Waals surface area (Å²) in [6.45, 7) is 5.32. The molecule has 1 aliphatic heterocycles. The van der Waals surface area contributed by atoms with E-state index in [0.29, 0.717) is 36.6 Å². The molecule has 0 radical (unpaired) electrons. The van der Waals surface area contributed by atoms with Gasteiger partial charge in [-0.25, -0.2) is 0 Å². The zero-order valence-corrected chi connectivity index (χ0v) is 19.0. The van der Waals surface area contributed by atoms with E-state index in [1.165, 1.54) is 17.0 Å². The molecule has 2 aromatic rings. The van der Waals surface area contributed by atoms with Crippen molar-refractivity contribution in [1.29, 1.82) is 0 Å². The quantitative estimate of drug-likeness (QED) is 0.373. The minimum Gasteiger partial charge on any atom is -0.508 e. The van der Waals surface area contributed by atoms with Gasteiger partial charge in [0.05, 0.1) is 18.2 Å². The molecule has 32 heavy (non-hydrogen) atoms. The van der Waals surface area contributed by atoms with Gasteiger partial charge in [-0.2, -0.15) is 0 Å². The van der Waals surface area contributed by atoms with E-state index in [2.05, 4.69) is 0 Å². The first-order chi connectivity index (χ1) is 15.2. The molecular weight excluding hydrogens is 408 g/mol. The molecule has 3 rings (SSSR count). The largest absolute Gasteiger partial charge is 0.508 e. The van der Waals surface area contributed by atoms with Crippen molar-refractivity contribution in [1.82, 2.24) is 9.80 Å². The van der Waals surface area contributed by atoms with Gasteiger partial charge in [0, 0.05) is 18.7 Å². The zero-order chi connectivity index (χ0) is 23.4. The summed E-state index contributed by atoms with van der Waals surface area (Å²) in [5, 5.41) is 21.2. The summed E-state index contributed by atoms with van der Waals surface area (Å²) in [6, 6.07) is 10.8. The average molecular weight is 439 g/mol. The third kappa shape index (κ3) is 4.78. The lowest BCUT2D eigenvalue weighted by Crippen LogP contribution is -2.35. The second-order valence-electron chi connectivity index (χ2n) is 8.22. The summed E-state index contributed by atoms with van der Waals surface area (Å²) in [5.41, 5.74) is 1.82. The zero-order valence-electron chi connectivity index (χ0n) is 19.0. The minimum atomic E-state index is -0.793. The van der Waals surface area contributed by atoms with Gasteiger partial charge in [0.15, 0.2) is 0 Å². The molecule has 2 N–H and O–H groups in total. The smallest absolute Gasteiger partial charge is 0.295 e. The molecular formula is C25H30N2O5. The van der Waals surface area contributed by atoms with Crippen molar-refractivity contribution in [2.45, 2.75) is 26.3 Å². The monoisotopic (exact) mass is 438 g/mol. The van der Waals surface area contributed by atoms with Crippen LogP contribution in [0.3, 0.4) is 0 Å². The van der Waals surface area contributed by atoms with E-state index < -0.39 is 17.7 Å². The number of carbonyl (C=O) groups is 2. The Bertz CT molecular complexity index is 1040. The average Bonchev–Trinajstić information content (AvgIpc) is 3.01. The van der Waals surface area contributed by atoms with Crippen molar-refractivity contribution < 1.29 is 24.5 Å². The lowest BCUT2D eigenvalue weighted by molar-refractivity contribution is -0.140. The Hall–Kier alpha value is -3.32. The number of hydrogen-bond donors (Lipinski definition) is 2. The van der Waals surface area contributed by atoms with Gasteiger partial charge in [-0.05, 0) is 68.9 Å². The third-order valence-corrected chi connectivity index (χ3v) is 5.42. The molecule has 1 amide bonds. The molecule has 1 atom stereocenters. The van der Waals surface area contributed by atoms with E-state index in [0.717, 1.165) is 12.0 Å². The lowest BCUT2D eigenvalue weighted by Gasteiger charge is -2.26. The molecule has 0 bridgehead atoms. The molecule has 7 heteroatoms. The number of aliphatic hydroxyl groups is 1. The molecule has 1 aliphatic rings. The fraction of sp³-hybridized carbons (Fsp3) is 0.360. The Morgan fingerprint density at radius 3 is 2.53 bits per heavy atom. The molecule has 0 aromatic heterocycles. The Balaban J connectivity index is 2.10. The number of aryl methyl sites for hydroxylation is 1. The van der Waals surface area contributed by atoms with Crippen LogP contribution in [0.15, 0.2) is 48.0 Å². The number of likely N-dealkylation sites (tertiary alicyclic amines) is 1.